The van der Waals surface area contributed by atoms with Gasteiger partial charge in [-0.2, -0.15) is 0 Å². The number of hydrogen-bond donors (Lipinski definition) is 4. The molecule has 162 valence electrons. The van der Waals surface area contributed by atoms with Crippen LogP contribution in [0.5, 0.6) is 0 Å². The molecule has 2 aliphatic rings. The number of aromatic amines is 1. The van der Waals surface area contributed by atoms with Gasteiger partial charge in [-0.25, -0.2) is 4.39 Å². The van der Waals surface area contributed by atoms with E-state index in [0.29, 0.717) is 58.8 Å². The van der Waals surface area contributed by atoms with Crippen molar-refractivity contribution >= 4 is 35.1 Å². The highest BCUT2D eigenvalue weighted by molar-refractivity contribution is 6.34. The zero-order valence-electron chi connectivity index (χ0n) is 17.2. The van der Waals surface area contributed by atoms with Crippen molar-refractivity contribution in [3.63, 3.8) is 0 Å². The van der Waals surface area contributed by atoms with Crippen LogP contribution in [0.4, 0.5) is 10.1 Å². The number of nitrogens with one attached hydrogen (secondary N) is 3. The Morgan fingerprint density at radius 2 is 2.13 bits per heavy atom. The van der Waals surface area contributed by atoms with Crippen LogP contribution in [0, 0.1) is 19.7 Å². The molecule has 1 fully saturated rings. The molecular weight excluding hydrogens is 403 g/mol. The molecule has 1 aromatic heterocycles. The third-order valence-corrected chi connectivity index (χ3v) is 5.77. The number of aliphatic hydroxyl groups is 1. The molecule has 31 heavy (non-hydrogen) atoms. The number of benzene rings is 1. The van der Waals surface area contributed by atoms with Gasteiger partial charge in [0.1, 0.15) is 12.4 Å². The van der Waals surface area contributed by atoms with Crippen LogP contribution in [0.1, 0.15) is 39.3 Å². The number of aromatic nitrogens is 1. The van der Waals surface area contributed by atoms with Gasteiger partial charge < -0.3 is 25.6 Å². The summed E-state index contributed by atoms with van der Waals surface area (Å²) in [6.45, 7) is 3.84. The number of aryl methyl sites for hydroxylation is 1. The van der Waals surface area contributed by atoms with E-state index in [-0.39, 0.29) is 23.8 Å². The Kier molecular flexibility index (Phi) is 5.36. The van der Waals surface area contributed by atoms with Gasteiger partial charge in [-0.3, -0.25) is 14.4 Å². The van der Waals surface area contributed by atoms with Crippen molar-refractivity contribution in [3.8, 4) is 0 Å². The topological polar surface area (TPSA) is 115 Å². The average molecular weight is 426 g/mol. The lowest BCUT2D eigenvalue weighted by Crippen LogP contribution is -2.39. The van der Waals surface area contributed by atoms with Gasteiger partial charge in [-0.1, -0.05) is 0 Å². The summed E-state index contributed by atoms with van der Waals surface area (Å²) in [6.07, 6.45) is 2.23. The molecule has 0 bridgehead atoms. The van der Waals surface area contributed by atoms with Crippen LogP contribution >= 0.6 is 0 Å². The number of fused-ring (bicyclic) bond motifs is 1. The molecule has 0 saturated carbocycles. The van der Waals surface area contributed by atoms with Crippen molar-refractivity contribution in [2.45, 2.75) is 26.3 Å². The number of rotatable bonds is 4. The van der Waals surface area contributed by atoms with Crippen molar-refractivity contribution in [2.24, 2.45) is 0 Å². The Balaban J connectivity index is 1.57. The number of aliphatic hydroxyl groups excluding tert-OH is 1. The van der Waals surface area contributed by atoms with E-state index in [1.54, 1.807) is 19.9 Å². The van der Waals surface area contributed by atoms with Gasteiger partial charge in [0, 0.05) is 41.8 Å². The molecule has 0 radical (unpaired) electrons. The van der Waals surface area contributed by atoms with Crippen molar-refractivity contribution < 1.29 is 23.9 Å². The molecular formula is C22H23FN4O4. The Morgan fingerprint density at radius 3 is 2.87 bits per heavy atom. The maximum Gasteiger partial charge on any atom is 0.256 e. The number of carbonyl (C=O) groups excluding carboxylic acids is 3. The summed E-state index contributed by atoms with van der Waals surface area (Å²) in [7, 11) is 0. The maximum atomic E-state index is 13.7. The minimum absolute atomic E-state index is 0.200. The Labute approximate surface area is 178 Å². The summed E-state index contributed by atoms with van der Waals surface area (Å²) in [5.41, 5.74) is 3.70. The standard InChI is InChI=1S/C22H23FN4O4/c1-11-18(8-16-15-7-13(23)3-4-17(15)26-21(16)30)24-12(2)20(11)22(31)25-14-5-6-27(9-14)19(29)10-28/h3-4,7-8,14,24,28H,5-6,9-10H2,1-2H3,(H,25,31)(H,26,30)/b16-8-/t14-/m0/s1. The zero-order chi connectivity index (χ0) is 22.3. The summed E-state index contributed by atoms with van der Waals surface area (Å²) in [6, 6.07) is 3.90. The summed E-state index contributed by atoms with van der Waals surface area (Å²) in [4.78, 5) is 41.6. The Morgan fingerprint density at radius 1 is 1.35 bits per heavy atom. The third-order valence-electron chi connectivity index (χ3n) is 5.77. The second-order valence-corrected chi connectivity index (χ2v) is 7.82. The van der Waals surface area contributed by atoms with Crippen LogP contribution in [-0.2, 0) is 9.59 Å². The van der Waals surface area contributed by atoms with Gasteiger partial charge in [0.05, 0.1) is 11.1 Å². The molecule has 0 aliphatic carbocycles. The summed E-state index contributed by atoms with van der Waals surface area (Å²) in [5.74, 6) is -1.41. The zero-order valence-corrected chi connectivity index (χ0v) is 17.2. The van der Waals surface area contributed by atoms with E-state index in [1.165, 1.54) is 23.1 Å². The van der Waals surface area contributed by atoms with Gasteiger partial charge in [-0.05, 0) is 50.1 Å². The number of likely N-dealkylation sites (tertiary alicyclic amines) is 1. The first-order valence-corrected chi connectivity index (χ1v) is 10.00. The van der Waals surface area contributed by atoms with Gasteiger partial charge in [-0.15, -0.1) is 0 Å². The molecule has 3 heterocycles. The fraction of sp³-hybridized carbons (Fsp3) is 0.318. The first-order valence-electron chi connectivity index (χ1n) is 10.00. The Hall–Kier alpha value is -3.46. The number of hydrogen-bond acceptors (Lipinski definition) is 4. The van der Waals surface area contributed by atoms with Crippen LogP contribution in [0.15, 0.2) is 18.2 Å². The molecule has 1 aromatic carbocycles. The molecule has 2 aromatic rings. The van der Waals surface area contributed by atoms with Gasteiger partial charge >= 0.3 is 0 Å². The van der Waals surface area contributed by atoms with E-state index in [1.807, 2.05) is 0 Å². The van der Waals surface area contributed by atoms with Gasteiger partial charge in [0.25, 0.3) is 11.8 Å². The third kappa shape index (κ3) is 3.84. The first-order chi connectivity index (χ1) is 14.8. The average Bonchev–Trinajstić information content (AvgIpc) is 3.39. The lowest BCUT2D eigenvalue weighted by Gasteiger charge is -2.16. The monoisotopic (exact) mass is 426 g/mol. The number of nitrogens with zero attached hydrogens (tertiary/aromatic N) is 1. The highest BCUT2D eigenvalue weighted by atomic mass is 19.1. The molecule has 8 nitrogen and oxygen atoms in total. The van der Waals surface area contributed by atoms with Crippen molar-refractivity contribution in [3.05, 3.63) is 52.1 Å². The van der Waals surface area contributed by atoms with E-state index in [2.05, 4.69) is 15.6 Å². The van der Waals surface area contributed by atoms with Crippen LogP contribution in [0.3, 0.4) is 0 Å². The minimum atomic E-state index is -0.546. The molecule has 0 unspecified atom stereocenters. The molecule has 1 saturated heterocycles. The predicted molar refractivity (Wildman–Crippen MR) is 113 cm³/mol. The molecule has 4 N–H and O–H groups in total. The van der Waals surface area contributed by atoms with E-state index in [4.69, 9.17) is 5.11 Å². The van der Waals surface area contributed by atoms with Gasteiger partial charge in [0.15, 0.2) is 0 Å². The minimum Gasteiger partial charge on any atom is -0.387 e. The van der Waals surface area contributed by atoms with Crippen LogP contribution in [-0.4, -0.2) is 58.5 Å². The fourth-order valence-corrected chi connectivity index (χ4v) is 4.17. The van der Waals surface area contributed by atoms with Gasteiger partial charge in [0.2, 0.25) is 5.91 Å². The van der Waals surface area contributed by atoms with Crippen molar-refractivity contribution in [1.82, 2.24) is 15.2 Å². The lowest BCUT2D eigenvalue weighted by atomic mass is 10.0. The highest BCUT2D eigenvalue weighted by Crippen LogP contribution is 2.34. The second kappa shape index (κ2) is 7.99. The number of H-pyrrole nitrogens is 1. The number of anilines is 1. The highest BCUT2D eigenvalue weighted by Gasteiger charge is 2.29. The first kappa shape index (κ1) is 20.8. The number of halogens is 1. The van der Waals surface area contributed by atoms with Crippen LogP contribution < -0.4 is 10.6 Å². The Bertz CT molecular complexity index is 1120. The normalized spacial score (nSPS) is 19.0. The SMILES string of the molecule is Cc1[nH]c(/C=C2\C(=O)Nc3ccc(F)cc32)c(C)c1C(=O)N[C@H]1CCN(C(=O)CO)C1. The van der Waals surface area contributed by atoms with Crippen molar-refractivity contribution in [2.75, 3.05) is 25.0 Å². The fourth-order valence-electron chi connectivity index (χ4n) is 4.17. The molecule has 1 atom stereocenters. The number of amides is 3. The van der Waals surface area contributed by atoms with E-state index in [9.17, 15) is 18.8 Å². The van der Waals surface area contributed by atoms with E-state index in [0.717, 1.165) is 0 Å². The predicted octanol–water partition coefficient (Wildman–Crippen LogP) is 1.59. The summed E-state index contributed by atoms with van der Waals surface area (Å²) >= 11 is 0. The molecule has 0 spiro atoms. The molecule has 3 amide bonds. The summed E-state index contributed by atoms with van der Waals surface area (Å²) in [5, 5.41) is 14.6. The molecule has 4 rings (SSSR count). The largest absolute Gasteiger partial charge is 0.387 e. The molecule has 2 aliphatic heterocycles. The lowest BCUT2D eigenvalue weighted by molar-refractivity contribution is -0.133. The van der Waals surface area contributed by atoms with E-state index >= 15 is 0 Å². The van der Waals surface area contributed by atoms with Crippen LogP contribution in [0.2, 0.25) is 0 Å². The summed E-state index contributed by atoms with van der Waals surface area (Å²) < 4.78 is 13.7. The van der Waals surface area contributed by atoms with E-state index < -0.39 is 12.4 Å². The quantitative estimate of drug-likeness (QED) is 0.556. The number of carbonyl (C=O) groups is 3. The van der Waals surface area contributed by atoms with Crippen LogP contribution in [0.25, 0.3) is 11.6 Å². The molecule has 9 heteroatoms. The maximum absolute atomic E-state index is 13.7. The smallest absolute Gasteiger partial charge is 0.256 e. The second-order valence-electron chi connectivity index (χ2n) is 7.82. The van der Waals surface area contributed by atoms with Crippen molar-refractivity contribution in [1.29, 1.82) is 0 Å².